The Kier molecular flexibility index (Phi) is 4.80. The Bertz CT molecular complexity index is 627. The third kappa shape index (κ3) is 4.19. The van der Waals surface area contributed by atoms with Gasteiger partial charge in [-0.2, -0.15) is 0 Å². The summed E-state index contributed by atoms with van der Waals surface area (Å²) in [6.07, 6.45) is 1.30. The smallest absolute Gasteiger partial charge is 0.108 e. The van der Waals surface area contributed by atoms with E-state index in [0.717, 1.165) is 16.7 Å². The molecule has 0 radical (unpaired) electrons. The fourth-order valence-electron chi connectivity index (χ4n) is 2.22. The summed E-state index contributed by atoms with van der Waals surface area (Å²) >= 11 is 0. The van der Waals surface area contributed by atoms with Gasteiger partial charge in [0.2, 0.25) is 0 Å². The lowest BCUT2D eigenvalue weighted by Gasteiger charge is -2.25. The summed E-state index contributed by atoms with van der Waals surface area (Å²) in [6.45, 7) is 6.29. The molecule has 0 bridgehead atoms. The summed E-state index contributed by atoms with van der Waals surface area (Å²) in [6, 6.07) is 19.8. The van der Waals surface area contributed by atoms with Crippen molar-refractivity contribution >= 4 is 6.08 Å². The van der Waals surface area contributed by atoms with Crippen molar-refractivity contribution < 1.29 is 5.11 Å². The largest absolute Gasteiger partial charge is 0.383 e. The van der Waals surface area contributed by atoms with E-state index in [1.807, 2.05) is 66.7 Å². The Hall–Kier alpha value is -2.08. The molecule has 0 fully saturated rings. The third-order valence-corrected chi connectivity index (χ3v) is 3.39. The van der Waals surface area contributed by atoms with Gasteiger partial charge in [0.1, 0.15) is 6.10 Å². The minimum Gasteiger partial charge on any atom is -0.383 e. The summed E-state index contributed by atoms with van der Waals surface area (Å²) < 4.78 is 0. The van der Waals surface area contributed by atoms with E-state index < -0.39 is 6.10 Å². The first kappa shape index (κ1) is 15.3. The topological polar surface area (TPSA) is 20.2 Å². The predicted molar refractivity (Wildman–Crippen MR) is 88.8 cm³/mol. The molecular weight excluding hydrogens is 256 g/mol. The van der Waals surface area contributed by atoms with Crippen LogP contribution in [0.5, 0.6) is 0 Å². The van der Waals surface area contributed by atoms with E-state index in [1.165, 1.54) is 0 Å². The number of benzene rings is 2. The van der Waals surface area contributed by atoms with E-state index in [-0.39, 0.29) is 5.41 Å². The van der Waals surface area contributed by atoms with E-state index in [2.05, 4.69) is 26.5 Å². The van der Waals surface area contributed by atoms with Crippen LogP contribution in [0.4, 0.5) is 0 Å². The van der Waals surface area contributed by atoms with Gasteiger partial charge in [0, 0.05) is 5.57 Å². The van der Waals surface area contributed by atoms with Crippen molar-refractivity contribution in [2.24, 2.45) is 5.41 Å². The highest BCUT2D eigenvalue weighted by atomic mass is 16.3. The second-order valence-corrected chi connectivity index (χ2v) is 6.18. The molecule has 0 aliphatic carbocycles. The number of aliphatic hydroxyl groups excluding tert-OH is 1. The predicted octanol–water partition coefficient (Wildman–Crippen LogP) is 5.00. The molecule has 0 aliphatic heterocycles. The maximum atomic E-state index is 10.7. The minimum absolute atomic E-state index is 0.152. The zero-order valence-corrected chi connectivity index (χ0v) is 12.9. The summed E-state index contributed by atoms with van der Waals surface area (Å²) in [4.78, 5) is 0. The van der Waals surface area contributed by atoms with Gasteiger partial charge in [0.15, 0.2) is 0 Å². The highest BCUT2D eigenvalue weighted by Crippen LogP contribution is 2.35. The molecule has 21 heavy (non-hydrogen) atoms. The highest BCUT2D eigenvalue weighted by Gasteiger charge is 2.24. The van der Waals surface area contributed by atoms with Gasteiger partial charge < -0.3 is 5.11 Å². The van der Waals surface area contributed by atoms with Crippen LogP contribution in [0.15, 0.2) is 72.0 Å². The van der Waals surface area contributed by atoms with Gasteiger partial charge in [-0.3, -0.25) is 0 Å². The molecule has 1 nitrogen and oxygen atoms in total. The number of rotatable bonds is 3. The van der Waals surface area contributed by atoms with Crippen LogP contribution >= 0.6 is 0 Å². The van der Waals surface area contributed by atoms with Crippen molar-refractivity contribution in [1.82, 2.24) is 0 Å². The lowest BCUT2D eigenvalue weighted by atomic mass is 9.81. The second-order valence-electron chi connectivity index (χ2n) is 6.18. The van der Waals surface area contributed by atoms with E-state index >= 15 is 0 Å². The van der Waals surface area contributed by atoms with Crippen molar-refractivity contribution in [2.45, 2.75) is 26.9 Å². The van der Waals surface area contributed by atoms with Crippen LogP contribution in [0.25, 0.3) is 6.08 Å². The summed E-state index contributed by atoms with van der Waals surface area (Å²) in [7, 11) is 0. The monoisotopic (exact) mass is 278 g/mol. The highest BCUT2D eigenvalue weighted by molar-refractivity contribution is 5.50. The Morgan fingerprint density at radius 1 is 0.952 bits per heavy atom. The van der Waals surface area contributed by atoms with E-state index in [4.69, 9.17) is 0 Å². The molecule has 0 aromatic heterocycles. The van der Waals surface area contributed by atoms with Crippen LogP contribution < -0.4 is 0 Å². The molecule has 0 saturated carbocycles. The first-order valence-electron chi connectivity index (χ1n) is 7.23. The SMILES string of the molecule is CC(C)(C)C(=C=Cc1ccccc1)[C@H](O)c1ccccc1. The molecule has 0 saturated heterocycles. The molecule has 2 aromatic carbocycles. The molecule has 0 aliphatic rings. The van der Waals surface area contributed by atoms with Gasteiger partial charge in [0.25, 0.3) is 0 Å². The van der Waals surface area contributed by atoms with Crippen molar-refractivity contribution in [3.63, 3.8) is 0 Å². The van der Waals surface area contributed by atoms with Crippen LogP contribution in [0, 0.1) is 5.41 Å². The Labute approximate surface area is 127 Å². The van der Waals surface area contributed by atoms with Gasteiger partial charge in [0.05, 0.1) is 0 Å². The van der Waals surface area contributed by atoms with E-state index in [1.54, 1.807) is 0 Å². The quantitative estimate of drug-likeness (QED) is 0.783. The van der Waals surface area contributed by atoms with Crippen molar-refractivity contribution in [3.05, 3.63) is 83.1 Å². The Morgan fingerprint density at radius 3 is 2.00 bits per heavy atom. The molecule has 1 heteroatoms. The lowest BCUT2D eigenvalue weighted by molar-refractivity contribution is 0.189. The first-order valence-corrected chi connectivity index (χ1v) is 7.23. The molecular formula is C20H22O. The standard InChI is InChI=1S/C20H22O/c1-20(2,3)18(15-14-16-10-6-4-7-11-16)19(21)17-12-8-5-9-13-17/h4-14,19,21H,1-3H3/t15?,19-/m1/s1. The van der Waals surface area contributed by atoms with Crippen LogP contribution in [0.1, 0.15) is 38.0 Å². The second kappa shape index (κ2) is 6.58. The van der Waals surface area contributed by atoms with Gasteiger partial charge in [-0.25, -0.2) is 0 Å². The molecule has 0 unspecified atom stereocenters. The fraction of sp³-hybridized carbons (Fsp3) is 0.250. The average Bonchev–Trinajstić information content (AvgIpc) is 2.48. The summed E-state index contributed by atoms with van der Waals surface area (Å²) in [5.41, 5.74) is 6.03. The maximum Gasteiger partial charge on any atom is 0.108 e. The third-order valence-electron chi connectivity index (χ3n) is 3.39. The molecule has 0 spiro atoms. The maximum absolute atomic E-state index is 10.7. The molecule has 0 heterocycles. The van der Waals surface area contributed by atoms with E-state index in [9.17, 15) is 5.11 Å². The molecule has 1 atom stereocenters. The number of hydrogen-bond acceptors (Lipinski definition) is 1. The molecule has 2 rings (SSSR count). The summed E-state index contributed by atoms with van der Waals surface area (Å²) in [5.74, 6) is 0. The van der Waals surface area contributed by atoms with Crippen LogP contribution in [-0.2, 0) is 0 Å². The number of aliphatic hydroxyl groups is 1. The van der Waals surface area contributed by atoms with Crippen molar-refractivity contribution in [3.8, 4) is 0 Å². The molecule has 1 N–H and O–H groups in total. The zero-order chi connectivity index (χ0) is 15.3. The van der Waals surface area contributed by atoms with Gasteiger partial charge >= 0.3 is 0 Å². The van der Waals surface area contributed by atoms with Crippen molar-refractivity contribution in [1.29, 1.82) is 0 Å². The fourth-order valence-corrected chi connectivity index (χ4v) is 2.22. The zero-order valence-electron chi connectivity index (χ0n) is 12.9. The normalized spacial score (nSPS) is 12.4. The number of hydrogen-bond donors (Lipinski definition) is 1. The van der Waals surface area contributed by atoms with Crippen LogP contribution in [0.3, 0.4) is 0 Å². The molecule has 2 aromatic rings. The minimum atomic E-state index is -0.633. The Morgan fingerprint density at radius 2 is 1.48 bits per heavy atom. The summed E-state index contributed by atoms with van der Waals surface area (Å²) in [5, 5.41) is 10.7. The van der Waals surface area contributed by atoms with Crippen LogP contribution in [0.2, 0.25) is 0 Å². The van der Waals surface area contributed by atoms with Crippen molar-refractivity contribution in [2.75, 3.05) is 0 Å². The Balaban J connectivity index is 2.43. The molecule has 0 amide bonds. The average molecular weight is 278 g/mol. The van der Waals surface area contributed by atoms with E-state index in [0.29, 0.717) is 0 Å². The van der Waals surface area contributed by atoms with Gasteiger partial charge in [-0.15, -0.1) is 5.73 Å². The first-order chi connectivity index (χ1) is 9.98. The van der Waals surface area contributed by atoms with Gasteiger partial charge in [-0.05, 0) is 22.6 Å². The molecule has 108 valence electrons. The van der Waals surface area contributed by atoms with Gasteiger partial charge in [-0.1, -0.05) is 81.4 Å². The van der Waals surface area contributed by atoms with Crippen LogP contribution in [-0.4, -0.2) is 5.11 Å². The lowest BCUT2D eigenvalue weighted by Crippen LogP contribution is -2.16.